The number of fused-ring (bicyclic) bond motifs is 1. The number of nitrogens with one attached hydrogen (secondary N) is 2. The molecule has 14 heteroatoms. The van der Waals surface area contributed by atoms with Crippen molar-refractivity contribution in [2.45, 2.75) is 31.2 Å². The predicted molar refractivity (Wildman–Crippen MR) is 165 cm³/mol. The second kappa shape index (κ2) is 13.0. The molecule has 0 aromatic heterocycles. The number of hydrogen-bond donors (Lipinski definition) is 2. The lowest BCUT2D eigenvalue weighted by molar-refractivity contribution is -0.121. The van der Waals surface area contributed by atoms with Gasteiger partial charge in [-0.2, -0.15) is 4.31 Å². The highest BCUT2D eigenvalue weighted by Crippen LogP contribution is 2.50. The van der Waals surface area contributed by atoms with Crippen LogP contribution >= 0.6 is 11.6 Å². The number of amides is 4. The van der Waals surface area contributed by atoms with Gasteiger partial charge in [-0.3, -0.25) is 10.1 Å². The van der Waals surface area contributed by atoms with Gasteiger partial charge in [-0.1, -0.05) is 29.8 Å². The first-order valence-corrected chi connectivity index (χ1v) is 15.5. The maximum Gasteiger partial charge on any atom is 0.408 e. The Balaban J connectivity index is 1.93. The number of ether oxygens (including phenoxy) is 3. The van der Waals surface area contributed by atoms with Crippen molar-refractivity contribution < 1.29 is 37.0 Å². The number of benzene rings is 3. The highest BCUT2D eigenvalue weighted by Gasteiger charge is 2.58. The monoisotopic (exact) mass is 644 g/mol. The van der Waals surface area contributed by atoms with Crippen LogP contribution < -0.4 is 24.4 Å². The van der Waals surface area contributed by atoms with E-state index in [1.165, 1.54) is 55.6 Å². The Hall–Kier alpha value is -4.49. The Kier molecular flexibility index (Phi) is 9.59. The molecule has 0 fully saturated rings. The summed E-state index contributed by atoms with van der Waals surface area (Å²) in [5.74, 6) is -0.841. The number of hydrogen-bond acceptors (Lipinski definition) is 8. The molecule has 234 valence electrons. The van der Waals surface area contributed by atoms with Crippen LogP contribution in [0.1, 0.15) is 31.9 Å². The zero-order valence-electron chi connectivity index (χ0n) is 24.8. The maximum absolute atomic E-state index is 14.6. The lowest BCUT2D eigenvalue weighted by atomic mass is 9.83. The third-order valence-corrected chi connectivity index (χ3v) is 9.21. The van der Waals surface area contributed by atoms with E-state index in [1.807, 2.05) is 13.8 Å². The van der Waals surface area contributed by atoms with Gasteiger partial charge in [0.25, 0.3) is 15.9 Å². The van der Waals surface area contributed by atoms with Gasteiger partial charge in [-0.05, 0) is 57.2 Å². The van der Waals surface area contributed by atoms with Crippen molar-refractivity contribution >= 4 is 51.0 Å². The lowest BCUT2D eigenvalue weighted by Gasteiger charge is -2.30. The molecule has 1 aliphatic rings. The van der Waals surface area contributed by atoms with Crippen LogP contribution in [0.4, 0.5) is 21.0 Å². The second-order valence-electron chi connectivity index (χ2n) is 9.50. The molecule has 1 atom stereocenters. The van der Waals surface area contributed by atoms with Gasteiger partial charge in [-0.15, -0.1) is 0 Å². The van der Waals surface area contributed by atoms with Crippen molar-refractivity contribution in [2.24, 2.45) is 0 Å². The van der Waals surface area contributed by atoms with E-state index < -0.39 is 27.6 Å². The Bertz CT molecular complexity index is 1700. The Morgan fingerprint density at radius 1 is 0.977 bits per heavy atom. The van der Waals surface area contributed by atoms with E-state index >= 15 is 0 Å². The average Bonchev–Trinajstić information content (AvgIpc) is 3.25. The maximum atomic E-state index is 14.6. The molecule has 0 spiro atoms. The van der Waals surface area contributed by atoms with E-state index in [-0.39, 0.29) is 50.8 Å². The standard InChI is InChI=1S/C30H33ClN4O8S/c1-6-34(7-2)28(37)32-19-13-16-26(25(17-19)41-4)44(39,40)35-24-15-14-20(43-8-3)18-22(24)30(27(35)36,33-29(38)42-5)21-11-9-10-12-23(21)31/h9-18H,6-8H2,1-5H3,(H,32,37)(H,33,38). The number of carbonyl (C=O) groups excluding carboxylic acids is 3. The van der Waals surface area contributed by atoms with Gasteiger partial charge in [0.1, 0.15) is 16.4 Å². The lowest BCUT2D eigenvalue weighted by Crippen LogP contribution is -2.54. The van der Waals surface area contributed by atoms with Crippen LogP contribution in [-0.2, 0) is 25.1 Å². The van der Waals surface area contributed by atoms with E-state index in [1.54, 1.807) is 24.0 Å². The summed E-state index contributed by atoms with van der Waals surface area (Å²) in [7, 11) is -2.33. The van der Waals surface area contributed by atoms with Gasteiger partial charge in [0.2, 0.25) is 0 Å². The van der Waals surface area contributed by atoms with Crippen LogP contribution in [0.3, 0.4) is 0 Å². The van der Waals surface area contributed by atoms with Crippen LogP contribution in [0.2, 0.25) is 5.02 Å². The van der Waals surface area contributed by atoms with Crippen LogP contribution in [0.5, 0.6) is 11.5 Å². The molecular weight excluding hydrogens is 612 g/mol. The van der Waals surface area contributed by atoms with E-state index in [9.17, 15) is 22.8 Å². The SMILES string of the molecule is CCOc1ccc2c(c1)C(NC(=O)OC)(c1ccccc1Cl)C(=O)N2S(=O)(=O)c1ccc(NC(=O)N(CC)CC)cc1OC. The molecule has 1 aliphatic heterocycles. The molecule has 0 bridgehead atoms. The van der Waals surface area contributed by atoms with Gasteiger partial charge in [0, 0.05) is 41.0 Å². The summed E-state index contributed by atoms with van der Waals surface area (Å²) in [6.45, 7) is 6.66. The largest absolute Gasteiger partial charge is 0.495 e. The number of sulfonamides is 1. The molecule has 0 radical (unpaired) electrons. The van der Waals surface area contributed by atoms with Crippen molar-refractivity contribution in [3.63, 3.8) is 0 Å². The van der Waals surface area contributed by atoms with Crippen LogP contribution in [0.25, 0.3) is 0 Å². The van der Waals surface area contributed by atoms with Crippen molar-refractivity contribution in [1.29, 1.82) is 0 Å². The smallest absolute Gasteiger partial charge is 0.408 e. The van der Waals surface area contributed by atoms with Gasteiger partial charge < -0.3 is 24.4 Å². The zero-order chi connectivity index (χ0) is 32.2. The first-order chi connectivity index (χ1) is 21.0. The topological polar surface area (TPSA) is 144 Å². The fraction of sp³-hybridized carbons (Fsp3) is 0.300. The summed E-state index contributed by atoms with van der Waals surface area (Å²) in [4.78, 5) is 41.2. The van der Waals surface area contributed by atoms with Crippen LogP contribution in [0.15, 0.2) is 65.6 Å². The Labute approximate surface area is 260 Å². The number of anilines is 2. The normalized spacial score (nSPS) is 15.8. The van der Waals surface area contributed by atoms with Crippen molar-refractivity contribution in [2.75, 3.05) is 43.5 Å². The summed E-state index contributed by atoms with van der Waals surface area (Å²) in [6.07, 6.45) is -1.00. The highest BCUT2D eigenvalue weighted by atomic mass is 35.5. The third kappa shape index (κ3) is 5.60. The molecule has 2 N–H and O–H groups in total. The number of alkyl carbamates (subject to hydrolysis) is 1. The molecule has 1 unspecified atom stereocenters. The average molecular weight is 645 g/mol. The molecule has 44 heavy (non-hydrogen) atoms. The van der Waals surface area contributed by atoms with Gasteiger partial charge in [-0.25, -0.2) is 18.0 Å². The molecule has 0 saturated heterocycles. The Morgan fingerprint density at radius 2 is 1.68 bits per heavy atom. The highest BCUT2D eigenvalue weighted by molar-refractivity contribution is 7.93. The van der Waals surface area contributed by atoms with Gasteiger partial charge in [0.05, 0.1) is 26.5 Å². The van der Waals surface area contributed by atoms with Crippen LogP contribution in [-0.4, -0.2) is 65.3 Å². The number of nitrogens with zero attached hydrogens (tertiary/aromatic N) is 2. The summed E-state index contributed by atoms with van der Waals surface area (Å²) < 4.78 is 45.4. The first kappa shape index (κ1) is 32.4. The minimum atomic E-state index is -4.71. The third-order valence-electron chi connectivity index (χ3n) is 7.14. The van der Waals surface area contributed by atoms with Crippen molar-refractivity contribution in [3.05, 3.63) is 76.8 Å². The number of urea groups is 1. The zero-order valence-corrected chi connectivity index (χ0v) is 26.4. The predicted octanol–water partition coefficient (Wildman–Crippen LogP) is 4.96. The minimum Gasteiger partial charge on any atom is -0.495 e. The number of carbonyl (C=O) groups is 3. The van der Waals surface area contributed by atoms with Gasteiger partial charge >= 0.3 is 12.1 Å². The molecule has 1 heterocycles. The van der Waals surface area contributed by atoms with E-state index in [2.05, 4.69) is 10.6 Å². The first-order valence-electron chi connectivity index (χ1n) is 13.7. The summed E-state index contributed by atoms with van der Waals surface area (Å²) >= 11 is 6.58. The molecule has 0 saturated carbocycles. The summed E-state index contributed by atoms with van der Waals surface area (Å²) in [6, 6.07) is 14.3. The minimum absolute atomic E-state index is 0.0456. The van der Waals surface area contributed by atoms with Crippen molar-refractivity contribution in [3.8, 4) is 11.5 Å². The molecular formula is C30H33ClN4O8S. The molecule has 3 aromatic carbocycles. The quantitative estimate of drug-likeness (QED) is 0.315. The molecule has 3 aromatic rings. The van der Waals surface area contributed by atoms with E-state index in [0.717, 1.165) is 7.11 Å². The number of halogens is 1. The second-order valence-corrected chi connectivity index (χ2v) is 11.7. The molecule has 4 rings (SSSR count). The number of methoxy groups -OCH3 is 2. The van der Waals surface area contributed by atoms with Crippen molar-refractivity contribution in [1.82, 2.24) is 10.2 Å². The molecule has 0 aliphatic carbocycles. The molecule has 12 nitrogen and oxygen atoms in total. The van der Waals surface area contributed by atoms with Crippen LogP contribution in [0, 0.1) is 0 Å². The molecule has 4 amide bonds. The Morgan fingerprint density at radius 3 is 2.30 bits per heavy atom. The summed E-state index contributed by atoms with van der Waals surface area (Å²) in [5, 5.41) is 5.38. The van der Waals surface area contributed by atoms with E-state index in [0.29, 0.717) is 23.1 Å². The summed E-state index contributed by atoms with van der Waals surface area (Å²) in [5.41, 5.74) is -1.67. The fourth-order valence-electron chi connectivity index (χ4n) is 5.05. The number of rotatable bonds is 10. The van der Waals surface area contributed by atoms with Gasteiger partial charge in [0.15, 0.2) is 5.54 Å². The fourth-order valence-corrected chi connectivity index (χ4v) is 6.94. The van der Waals surface area contributed by atoms with E-state index in [4.69, 9.17) is 25.8 Å².